The van der Waals surface area contributed by atoms with Gasteiger partial charge in [0.05, 0.1) is 12.7 Å². The topological polar surface area (TPSA) is 26.3 Å². The fourth-order valence-corrected chi connectivity index (χ4v) is 3.33. The molecule has 0 atom stereocenters. The molecule has 1 heterocycles. The summed E-state index contributed by atoms with van der Waals surface area (Å²) in [5, 5.41) is 1.93. The van der Waals surface area contributed by atoms with Gasteiger partial charge in [-0.05, 0) is 23.8 Å². The standard InChI is InChI=1S/C11H14O2S/c1-11(2)5-4-8-9(11)7(6-14-8)10(12)13-3/h6H,4-5H2,1-3H3. The van der Waals surface area contributed by atoms with Gasteiger partial charge in [0.15, 0.2) is 0 Å². The Morgan fingerprint density at radius 1 is 1.57 bits per heavy atom. The Kier molecular flexibility index (Phi) is 2.14. The summed E-state index contributed by atoms with van der Waals surface area (Å²) >= 11 is 1.68. The van der Waals surface area contributed by atoms with Gasteiger partial charge in [-0.2, -0.15) is 0 Å². The van der Waals surface area contributed by atoms with Crippen LogP contribution in [0.25, 0.3) is 0 Å². The zero-order valence-electron chi connectivity index (χ0n) is 8.72. The number of carbonyl (C=O) groups excluding carboxylic acids is 1. The van der Waals surface area contributed by atoms with Crippen LogP contribution in [0.15, 0.2) is 5.38 Å². The number of rotatable bonds is 1. The summed E-state index contributed by atoms with van der Waals surface area (Å²) in [6, 6.07) is 0. The van der Waals surface area contributed by atoms with Crippen molar-refractivity contribution in [3.8, 4) is 0 Å². The van der Waals surface area contributed by atoms with Crippen LogP contribution in [0.3, 0.4) is 0 Å². The van der Waals surface area contributed by atoms with Gasteiger partial charge in [-0.3, -0.25) is 0 Å². The molecule has 0 radical (unpaired) electrons. The minimum Gasteiger partial charge on any atom is -0.465 e. The minimum absolute atomic E-state index is 0.138. The van der Waals surface area contributed by atoms with E-state index >= 15 is 0 Å². The van der Waals surface area contributed by atoms with E-state index in [1.807, 2.05) is 5.38 Å². The van der Waals surface area contributed by atoms with E-state index in [1.165, 1.54) is 17.6 Å². The van der Waals surface area contributed by atoms with Gasteiger partial charge in [-0.25, -0.2) is 4.79 Å². The van der Waals surface area contributed by atoms with Crippen LogP contribution in [0.5, 0.6) is 0 Å². The molecule has 76 valence electrons. The summed E-state index contributed by atoms with van der Waals surface area (Å²) in [4.78, 5) is 12.9. The Hall–Kier alpha value is -0.830. The predicted molar refractivity (Wildman–Crippen MR) is 57.0 cm³/mol. The molecule has 1 aliphatic carbocycles. The SMILES string of the molecule is COC(=O)c1csc2c1C(C)(C)CC2. The molecule has 0 unspecified atom stereocenters. The lowest BCUT2D eigenvalue weighted by Crippen LogP contribution is -2.16. The lowest BCUT2D eigenvalue weighted by Gasteiger charge is -2.18. The highest BCUT2D eigenvalue weighted by Crippen LogP contribution is 2.43. The number of hydrogen-bond acceptors (Lipinski definition) is 3. The summed E-state index contributed by atoms with van der Waals surface area (Å²) < 4.78 is 4.78. The Bertz CT molecular complexity index is 377. The summed E-state index contributed by atoms with van der Waals surface area (Å²) in [6.45, 7) is 4.38. The molecule has 0 N–H and O–H groups in total. The van der Waals surface area contributed by atoms with Crippen molar-refractivity contribution in [2.75, 3.05) is 7.11 Å². The molecule has 0 aliphatic heterocycles. The minimum atomic E-state index is -0.197. The van der Waals surface area contributed by atoms with E-state index in [4.69, 9.17) is 4.74 Å². The first kappa shape index (κ1) is 9.71. The molecule has 1 aliphatic rings. The van der Waals surface area contributed by atoms with E-state index in [1.54, 1.807) is 11.3 Å². The number of aryl methyl sites for hydroxylation is 1. The molecule has 14 heavy (non-hydrogen) atoms. The average molecular weight is 210 g/mol. The van der Waals surface area contributed by atoms with E-state index in [-0.39, 0.29) is 11.4 Å². The van der Waals surface area contributed by atoms with Gasteiger partial charge in [0.25, 0.3) is 0 Å². The van der Waals surface area contributed by atoms with Crippen LogP contribution in [0.1, 0.15) is 41.1 Å². The quantitative estimate of drug-likeness (QED) is 0.666. The van der Waals surface area contributed by atoms with Gasteiger partial charge in [0, 0.05) is 10.3 Å². The van der Waals surface area contributed by atoms with Gasteiger partial charge >= 0.3 is 5.97 Å². The third kappa shape index (κ3) is 1.27. The van der Waals surface area contributed by atoms with Crippen LogP contribution in [-0.2, 0) is 16.6 Å². The predicted octanol–water partition coefficient (Wildman–Crippen LogP) is 2.76. The maximum atomic E-state index is 11.5. The number of methoxy groups -OCH3 is 1. The Balaban J connectivity index is 2.51. The highest BCUT2D eigenvalue weighted by Gasteiger charge is 2.35. The monoisotopic (exact) mass is 210 g/mol. The number of carbonyl (C=O) groups is 1. The maximum absolute atomic E-state index is 11.5. The maximum Gasteiger partial charge on any atom is 0.339 e. The lowest BCUT2D eigenvalue weighted by atomic mass is 9.85. The fraction of sp³-hybridized carbons (Fsp3) is 0.545. The van der Waals surface area contributed by atoms with E-state index in [0.717, 1.165) is 18.4 Å². The molecule has 1 aromatic rings. The van der Waals surface area contributed by atoms with Crippen molar-refractivity contribution in [3.05, 3.63) is 21.4 Å². The molecule has 0 saturated heterocycles. The van der Waals surface area contributed by atoms with Crippen LogP contribution >= 0.6 is 11.3 Å². The number of esters is 1. The number of thiophene rings is 1. The van der Waals surface area contributed by atoms with Crippen LogP contribution in [0.4, 0.5) is 0 Å². The Morgan fingerprint density at radius 3 is 2.93 bits per heavy atom. The highest BCUT2D eigenvalue weighted by atomic mass is 32.1. The van der Waals surface area contributed by atoms with Crippen LogP contribution < -0.4 is 0 Å². The number of ether oxygens (including phenoxy) is 1. The molecule has 0 fully saturated rings. The number of hydrogen-bond donors (Lipinski definition) is 0. The van der Waals surface area contributed by atoms with Gasteiger partial charge in [-0.15, -0.1) is 11.3 Å². The second-order valence-electron chi connectivity index (χ2n) is 4.32. The van der Waals surface area contributed by atoms with Crippen molar-refractivity contribution in [1.82, 2.24) is 0 Å². The van der Waals surface area contributed by atoms with Crippen LogP contribution in [0.2, 0.25) is 0 Å². The van der Waals surface area contributed by atoms with Gasteiger partial charge < -0.3 is 4.74 Å². The van der Waals surface area contributed by atoms with Crippen LogP contribution in [-0.4, -0.2) is 13.1 Å². The second kappa shape index (κ2) is 3.09. The third-order valence-corrected chi connectivity index (χ3v) is 3.97. The molecule has 0 amide bonds. The highest BCUT2D eigenvalue weighted by molar-refractivity contribution is 7.10. The van der Waals surface area contributed by atoms with E-state index < -0.39 is 0 Å². The molecule has 0 saturated carbocycles. The Labute approximate surface area is 87.9 Å². The number of fused-ring (bicyclic) bond motifs is 1. The van der Waals surface area contributed by atoms with Gasteiger partial charge in [0.2, 0.25) is 0 Å². The molecule has 2 rings (SSSR count). The summed E-state index contributed by atoms with van der Waals surface area (Å²) in [6.07, 6.45) is 2.24. The van der Waals surface area contributed by atoms with Crippen molar-refractivity contribution in [2.24, 2.45) is 0 Å². The van der Waals surface area contributed by atoms with Crippen molar-refractivity contribution < 1.29 is 9.53 Å². The molecule has 0 aromatic carbocycles. The molecule has 3 heteroatoms. The van der Waals surface area contributed by atoms with E-state index in [2.05, 4.69) is 13.8 Å². The fourth-order valence-electron chi connectivity index (χ4n) is 2.14. The molecule has 2 nitrogen and oxygen atoms in total. The van der Waals surface area contributed by atoms with E-state index in [0.29, 0.717) is 0 Å². The third-order valence-electron chi connectivity index (χ3n) is 2.93. The summed E-state index contributed by atoms with van der Waals surface area (Å²) in [5.74, 6) is -0.197. The summed E-state index contributed by atoms with van der Waals surface area (Å²) in [7, 11) is 1.44. The van der Waals surface area contributed by atoms with Crippen molar-refractivity contribution in [2.45, 2.75) is 32.1 Å². The van der Waals surface area contributed by atoms with Gasteiger partial charge in [0.1, 0.15) is 0 Å². The lowest BCUT2D eigenvalue weighted by molar-refractivity contribution is 0.0598. The second-order valence-corrected chi connectivity index (χ2v) is 5.29. The smallest absolute Gasteiger partial charge is 0.339 e. The van der Waals surface area contributed by atoms with Crippen molar-refractivity contribution in [3.63, 3.8) is 0 Å². The first-order valence-electron chi connectivity index (χ1n) is 4.75. The summed E-state index contributed by atoms with van der Waals surface area (Å²) in [5.41, 5.74) is 2.13. The Morgan fingerprint density at radius 2 is 2.29 bits per heavy atom. The largest absolute Gasteiger partial charge is 0.465 e. The zero-order chi connectivity index (χ0) is 10.3. The van der Waals surface area contributed by atoms with Crippen molar-refractivity contribution >= 4 is 17.3 Å². The zero-order valence-corrected chi connectivity index (χ0v) is 9.53. The molecule has 1 aromatic heterocycles. The molecular weight excluding hydrogens is 196 g/mol. The normalized spacial score (nSPS) is 17.9. The first-order chi connectivity index (χ1) is 6.56. The average Bonchev–Trinajstić information content (AvgIpc) is 2.67. The van der Waals surface area contributed by atoms with Gasteiger partial charge in [-0.1, -0.05) is 13.8 Å². The van der Waals surface area contributed by atoms with E-state index in [9.17, 15) is 4.79 Å². The molecule has 0 spiro atoms. The van der Waals surface area contributed by atoms with Crippen LogP contribution in [0, 0.1) is 0 Å². The molecule has 0 bridgehead atoms. The van der Waals surface area contributed by atoms with Crippen molar-refractivity contribution in [1.29, 1.82) is 0 Å². The first-order valence-corrected chi connectivity index (χ1v) is 5.63. The molecular formula is C11H14O2S.